The van der Waals surface area contributed by atoms with Gasteiger partial charge in [0.2, 0.25) is 0 Å². The summed E-state index contributed by atoms with van der Waals surface area (Å²) in [4.78, 5) is 26.1. The number of aryl methyl sites for hydroxylation is 1. The third-order valence-corrected chi connectivity index (χ3v) is 4.97. The molecule has 1 amide bonds. The van der Waals surface area contributed by atoms with Crippen LogP contribution in [0.3, 0.4) is 0 Å². The van der Waals surface area contributed by atoms with Crippen LogP contribution in [-0.4, -0.2) is 28.0 Å². The highest BCUT2D eigenvalue weighted by atomic mass is 32.1. The Morgan fingerprint density at radius 3 is 2.56 bits per heavy atom. The Morgan fingerprint density at radius 1 is 1.04 bits per heavy atom. The molecule has 6 nitrogen and oxygen atoms in total. The molecule has 0 spiro atoms. The molecule has 0 saturated carbocycles. The number of nitrogens with zero attached hydrogens (tertiary/aromatic N) is 3. The topological polar surface area (TPSA) is 77.0 Å². The zero-order valence-corrected chi connectivity index (χ0v) is 15.6. The zero-order valence-electron chi connectivity index (χ0n) is 14.8. The minimum absolute atomic E-state index is 0.257. The number of anilines is 1. The number of nitrogens with one attached hydrogen (secondary N) is 1. The average Bonchev–Trinajstić information content (AvgIpc) is 3.14. The molecule has 7 heteroatoms. The molecule has 2 heterocycles. The van der Waals surface area contributed by atoms with Gasteiger partial charge in [0.1, 0.15) is 21.7 Å². The molecular weight excluding hydrogens is 360 g/mol. The Morgan fingerprint density at radius 2 is 1.85 bits per heavy atom. The number of ether oxygens (including phenoxy) is 1. The van der Waals surface area contributed by atoms with Gasteiger partial charge in [-0.25, -0.2) is 15.0 Å². The number of fused-ring (bicyclic) bond motifs is 1. The van der Waals surface area contributed by atoms with Crippen molar-refractivity contribution in [2.24, 2.45) is 0 Å². The van der Waals surface area contributed by atoms with Crippen molar-refractivity contribution in [3.05, 3.63) is 64.7 Å². The van der Waals surface area contributed by atoms with Gasteiger partial charge >= 0.3 is 0 Å². The van der Waals surface area contributed by atoms with Gasteiger partial charge in [0, 0.05) is 5.56 Å². The number of carbonyl (C=O) groups is 1. The summed E-state index contributed by atoms with van der Waals surface area (Å²) in [6, 6.07) is 13.8. The first-order valence-electron chi connectivity index (χ1n) is 8.28. The quantitative estimate of drug-likeness (QED) is 0.574. The summed E-state index contributed by atoms with van der Waals surface area (Å²) in [7, 11) is 1.59. The van der Waals surface area contributed by atoms with Crippen molar-refractivity contribution in [1.29, 1.82) is 0 Å². The summed E-state index contributed by atoms with van der Waals surface area (Å²) in [5.41, 5.74) is 3.30. The van der Waals surface area contributed by atoms with Crippen molar-refractivity contribution in [3.8, 4) is 16.9 Å². The first-order valence-corrected chi connectivity index (χ1v) is 9.10. The lowest BCUT2D eigenvalue weighted by Crippen LogP contribution is -2.12. The van der Waals surface area contributed by atoms with Crippen molar-refractivity contribution >= 4 is 34.1 Å². The molecule has 134 valence electrons. The van der Waals surface area contributed by atoms with Crippen LogP contribution in [0.2, 0.25) is 0 Å². The molecule has 0 radical (unpaired) electrons. The molecule has 0 aliphatic rings. The summed E-state index contributed by atoms with van der Waals surface area (Å²) in [5.74, 6) is 0.705. The Labute approximate surface area is 159 Å². The van der Waals surface area contributed by atoms with Crippen LogP contribution < -0.4 is 10.1 Å². The molecule has 0 aliphatic heterocycles. The molecule has 0 bridgehead atoms. The van der Waals surface area contributed by atoms with E-state index in [1.807, 2.05) is 49.4 Å². The Hall–Kier alpha value is -3.32. The number of hydrogen-bond donors (Lipinski definition) is 1. The predicted molar refractivity (Wildman–Crippen MR) is 106 cm³/mol. The van der Waals surface area contributed by atoms with Crippen LogP contribution in [0.15, 0.2) is 54.9 Å². The molecule has 4 rings (SSSR count). The molecule has 27 heavy (non-hydrogen) atoms. The van der Waals surface area contributed by atoms with Crippen LogP contribution in [0, 0.1) is 6.92 Å². The van der Waals surface area contributed by atoms with Crippen molar-refractivity contribution < 1.29 is 9.53 Å². The van der Waals surface area contributed by atoms with Gasteiger partial charge in [-0.15, -0.1) is 11.3 Å². The molecule has 1 N–H and O–H groups in total. The third-order valence-electron chi connectivity index (χ3n) is 4.05. The maximum absolute atomic E-state index is 12.4. The first-order chi connectivity index (χ1) is 13.2. The number of amides is 1. The molecule has 0 unspecified atom stereocenters. The Balaban J connectivity index is 1.76. The summed E-state index contributed by atoms with van der Waals surface area (Å²) < 4.78 is 5.44. The maximum atomic E-state index is 12.4. The third kappa shape index (κ3) is 3.37. The average molecular weight is 376 g/mol. The monoisotopic (exact) mass is 376 g/mol. The van der Waals surface area contributed by atoms with E-state index in [0.717, 1.165) is 16.1 Å². The van der Waals surface area contributed by atoms with Gasteiger partial charge < -0.3 is 10.1 Å². The number of hydrogen-bond acceptors (Lipinski definition) is 6. The second kappa shape index (κ2) is 7.13. The summed E-state index contributed by atoms with van der Waals surface area (Å²) in [6.45, 7) is 1.85. The van der Waals surface area contributed by atoms with E-state index in [-0.39, 0.29) is 5.91 Å². The molecule has 4 aromatic rings. The lowest BCUT2D eigenvalue weighted by atomic mass is 10.0. The smallest absolute Gasteiger partial charge is 0.268 e. The Kier molecular flexibility index (Phi) is 4.52. The highest BCUT2D eigenvalue weighted by Gasteiger charge is 2.14. The summed E-state index contributed by atoms with van der Waals surface area (Å²) >= 11 is 1.33. The van der Waals surface area contributed by atoms with E-state index in [1.165, 1.54) is 11.3 Å². The normalized spacial score (nSPS) is 10.7. The van der Waals surface area contributed by atoms with Gasteiger partial charge in [-0.1, -0.05) is 30.3 Å². The first kappa shape index (κ1) is 17.1. The lowest BCUT2D eigenvalue weighted by molar-refractivity contribution is 0.103. The van der Waals surface area contributed by atoms with Gasteiger partial charge in [-0.05, 0) is 24.6 Å². The van der Waals surface area contributed by atoms with E-state index < -0.39 is 0 Å². The van der Waals surface area contributed by atoms with Crippen molar-refractivity contribution in [3.63, 3.8) is 0 Å². The second-order valence-corrected chi connectivity index (χ2v) is 7.07. The highest BCUT2D eigenvalue weighted by Crippen LogP contribution is 2.32. The maximum Gasteiger partial charge on any atom is 0.268 e. The van der Waals surface area contributed by atoms with Gasteiger partial charge in [-0.2, -0.15) is 0 Å². The SMILES string of the molecule is COc1ccc(-c2ccccc2)c2ncc(NC(=O)c3cnc(C)s3)nc12. The molecule has 0 saturated heterocycles. The van der Waals surface area contributed by atoms with E-state index in [4.69, 9.17) is 4.74 Å². The van der Waals surface area contributed by atoms with Crippen molar-refractivity contribution in [2.45, 2.75) is 6.92 Å². The number of benzene rings is 2. The minimum Gasteiger partial charge on any atom is -0.494 e. The fourth-order valence-electron chi connectivity index (χ4n) is 2.79. The fraction of sp³-hybridized carbons (Fsp3) is 0.100. The summed E-state index contributed by atoms with van der Waals surface area (Å²) in [5, 5.41) is 3.61. The Bertz CT molecular complexity index is 1130. The predicted octanol–water partition coefficient (Wildman–Crippen LogP) is 4.32. The van der Waals surface area contributed by atoms with Gasteiger partial charge in [0.15, 0.2) is 5.82 Å². The molecule has 2 aromatic heterocycles. The largest absolute Gasteiger partial charge is 0.494 e. The number of thiazole rings is 1. The fourth-order valence-corrected chi connectivity index (χ4v) is 3.47. The van der Waals surface area contributed by atoms with Crippen molar-refractivity contribution in [1.82, 2.24) is 15.0 Å². The number of rotatable bonds is 4. The molecule has 0 atom stereocenters. The van der Waals surface area contributed by atoms with E-state index in [1.54, 1.807) is 19.5 Å². The van der Waals surface area contributed by atoms with Crippen LogP contribution in [0.4, 0.5) is 5.82 Å². The molecule has 0 fully saturated rings. The van der Waals surface area contributed by atoms with Crippen molar-refractivity contribution in [2.75, 3.05) is 12.4 Å². The number of aromatic nitrogens is 3. The van der Waals surface area contributed by atoms with Crippen LogP contribution in [0.1, 0.15) is 14.7 Å². The number of methoxy groups -OCH3 is 1. The molecular formula is C20H16N4O2S. The lowest BCUT2D eigenvalue weighted by Gasteiger charge is -2.11. The van der Waals surface area contributed by atoms with Gasteiger partial charge in [-0.3, -0.25) is 4.79 Å². The minimum atomic E-state index is -0.257. The van der Waals surface area contributed by atoms with E-state index >= 15 is 0 Å². The van der Waals surface area contributed by atoms with Gasteiger partial charge in [0.05, 0.1) is 24.5 Å². The van der Waals surface area contributed by atoms with Gasteiger partial charge in [0.25, 0.3) is 5.91 Å². The molecule has 0 aliphatic carbocycles. The van der Waals surface area contributed by atoms with Crippen LogP contribution >= 0.6 is 11.3 Å². The molecule has 2 aromatic carbocycles. The number of carbonyl (C=O) groups excluding carboxylic acids is 1. The van der Waals surface area contributed by atoms with Crippen LogP contribution in [0.5, 0.6) is 5.75 Å². The van der Waals surface area contributed by atoms with E-state index in [2.05, 4.69) is 20.3 Å². The zero-order chi connectivity index (χ0) is 18.8. The standard InChI is InChI=1S/C20H16N4O2S/c1-12-21-10-16(27-12)20(25)24-17-11-22-18-14(13-6-4-3-5-7-13)8-9-15(26-2)19(18)23-17/h3-11H,1-2H3,(H,23,24,25). The van der Waals surface area contributed by atoms with E-state index in [0.29, 0.717) is 27.5 Å². The van der Waals surface area contributed by atoms with Crippen LogP contribution in [-0.2, 0) is 0 Å². The van der Waals surface area contributed by atoms with Crippen LogP contribution in [0.25, 0.3) is 22.2 Å². The second-order valence-electron chi connectivity index (χ2n) is 5.83. The summed E-state index contributed by atoms with van der Waals surface area (Å²) in [6.07, 6.45) is 3.11. The van der Waals surface area contributed by atoms with E-state index in [9.17, 15) is 4.79 Å². The highest BCUT2D eigenvalue weighted by molar-refractivity contribution is 7.13.